The molecule has 26 heavy (non-hydrogen) atoms. The first-order valence-corrected chi connectivity index (χ1v) is 9.50. The van der Waals surface area contributed by atoms with Gasteiger partial charge in [0, 0.05) is 28.7 Å². The topological polar surface area (TPSA) is 89.9 Å². The molecule has 0 aromatic heterocycles. The average molecular weight is 362 g/mol. The zero-order chi connectivity index (χ0) is 18.7. The number of Topliss-reactive ketones (excluding diaryl/α,β-unsaturated/α-hetero) is 1. The summed E-state index contributed by atoms with van der Waals surface area (Å²) in [6.07, 6.45) is 5.37. The molecule has 4 rings (SSSR count). The van der Waals surface area contributed by atoms with Crippen LogP contribution in [0, 0.1) is 22.7 Å². The fourth-order valence-electron chi connectivity index (χ4n) is 5.78. The first-order chi connectivity index (χ1) is 12.2. The molecule has 2 heterocycles. The Morgan fingerprint density at radius 1 is 1.23 bits per heavy atom. The summed E-state index contributed by atoms with van der Waals surface area (Å²) in [5.74, 6) is -0.599. The van der Waals surface area contributed by atoms with E-state index in [1.54, 1.807) is 6.92 Å². The standard InChI is InChI=1S/C20H26O6/c1-18(7-6-12-8-16(22)25-10-12)14-5-3-4-13-17(23)26-11-20(13,14)9-15(21)19(18,2)24/h4,12,14,24H,3,5-11H2,1-2H3/t12-,14+,18+,19+,20+/m0/s1. The van der Waals surface area contributed by atoms with E-state index in [0.29, 0.717) is 31.4 Å². The van der Waals surface area contributed by atoms with Crippen LogP contribution in [-0.2, 0) is 23.9 Å². The predicted molar refractivity (Wildman–Crippen MR) is 90.9 cm³/mol. The Morgan fingerprint density at radius 3 is 2.69 bits per heavy atom. The van der Waals surface area contributed by atoms with Crippen molar-refractivity contribution >= 4 is 17.7 Å². The van der Waals surface area contributed by atoms with E-state index in [-0.39, 0.29) is 42.6 Å². The molecule has 0 radical (unpaired) electrons. The highest BCUT2D eigenvalue weighted by molar-refractivity contribution is 5.97. The summed E-state index contributed by atoms with van der Waals surface area (Å²) in [4.78, 5) is 36.6. The van der Waals surface area contributed by atoms with Crippen molar-refractivity contribution in [3.63, 3.8) is 0 Å². The molecule has 142 valence electrons. The van der Waals surface area contributed by atoms with Crippen LogP contribution in [0.5, 0.6) is 0 Å². The van der Waals surface area contributed by atoms with Crippen molar-refractivity contribution in [1.82, 2.24) is 0 Å². The highest BCUT2D eigenvalue weighted by atomic mass is 16.5. The third-order valence-corrected chi connectivity index (χ3v) is 7.60. The summed E-state index contributed by atoms with van der Waals surface area (Å²) in [5, 5.41) is 11.2. The summed E-state index contributed by atoms with van der Waals surface area (Å²) >= 11 is 0. The molecule has 0 amide bonds. The molecule has 2 aliphatic heterocycles. The Bertz CT molecular complexity index is 707. The van der Waals surface area contributed by atoms with E-state index in [4.69, 9.17) is 9.47 Å². The lowest BCUT2D eigenvalue weighted by molar-refractivity contribution is -0.185. The third kappa shape index (κ3) is 2.24. The number of rotatable bonds is 3. The number of carbonyl (C=O) groups is 3. The van der Waals surface area contributed by atoms with Gasteiger partial charge in [0.2, 0.25) is 0 Å². The second-order valence-corrected chi connectivity index (χ2v) is 8.86. The van der Waals surface area contributed by atoms with E-state index < -0.39 is 16.4 Å². The van der Waals surface area contributed by atoms with Crippen LogP contribution in [0.1, 0.15) is 52.4 Å². The van der Waals surface area contributed by atoms with Crippen LogP contribution < -0.4 is 0 Å². The van der Waals surface area contributed by atoms with Gasteiger partial charge in [0.1, 0.15) is 12.2 Å². The number of aliphatic hydroxyl groups is 1. The molecule has 1 spiro atoms. The zero-order valence-electron chi connectivity index (χ0n) is 15.4. The lowest BCUT2D eigenvalue weighted by atomic mass is 9.45. The third-order valence-electron chi connectivity index (χ3n) is 7.60. The maximum absolute atomic E-state index is 13.0. The molecule has 5 atom stereocenters. The molecular weight excluding hydrogens is 336 g/mol. The van der Waals surface area contributed by atoms with Gasteiger partial charge >= 0.3 is 11.9 Å². The lowest BCUT2D eigenvalue weighted by Gasteiger charge is -2.58. The van der Waals surface area contributed by atoms with Crippen LogP contribution in [0.3, 0.4) is 0 Å². The number of carbonyl (C=O) groups excluding carboxylic acids is 3. The summed E-state index contributed by atoms with van der Waals surface area (Å²) in [5.41, 5.74) is -2.11. The summed E-state index contributed by atoms with van der Waals surface area (Å²) in [6, 6.07) is 0. The zero-order valence-corrected chi connectivity index (χ0v) is 15.4. The Kier molecular flexibility index (Phi) is 3.85. The molecule has 1 N–H and O–H groups in total. The second-order valence-electron chi connectivity index (χ2n) is 8.86. The minimum absolute atomic E-state index is 0.00725. The van der Waals surface area contributed by atoms with Crippen molar-refractivity contribution in [2.75, 3.05) is 13.2 Å². The van der Waals surface area contributed by atoms with Crippen LogP contribution in [0.4, 0.5) is 0 Å². The molecule has 3 fully saturated rings. The van der Waals surface area contributed by atoms with Gasteiger partial charge in [-0.1, -0.05) is 13.0 Å². The maximum Gasteiger partial charge on any atom is 0.334 e. The number of allylic oxidation sites excluding steroid dienone is 1. The van der Waals surface area contributed by atoms with Crippen LogP contribution in [0.15, 0.2) is 11.6 Å². The number of hydrogen-bond donors (Lipinski definition) is 1. The summed E-state index contributed by atoms with van der Waals surface area (Å²) in [6.45, 7) is 4.23. The van der Waals surface area contributed by atoms with Gasteiger partial charge in [-0.05, 0) is 38.5 Å². The lowest BCUT2D eigenvalue weighted by Crippen LogP contribution is -2.64. The summed E-state index contributed by atoms with van der Waals surface area (Å²) in [7, 11) is 0. The highest BCUT2D eigenvalue weighted by Gasteiger charge is 2.68. The second kappa shape index (κ2) is 5.65. The molecule has 2 saturated heterocycles. The van der Waals surface area contributed by atoms with Crippen molar-refractivity contribution in [2.45, 2.75) is 58.0 Å². The van der Waals surface area contributed by atoms with Crippen molar-refractivity contribution in [3.05, 3.63) is 11.6 Å². The van der Waals surface area contributed by atoms with Crippen LogP contribution in [0.25, 0.3) is 0 Å². The van der Waals surface area contributed by atoms with E-state index >= 15 is 0 Å². The largest absolute Gasteiger partial charge is 0.465 e. The van der Waals surface area contributed by atoms with Gasteiger partial charge in [-0.15, -0.1) is 0 Å². The quantitative estimate of drug-likeness (QED) is 0.772. The van der Waals surface area contributed by atoms with Crippen LogP contribution in [-0.4, -0.2) is 41.6 Å². The average Bonchev–Trinajstić information content (AvgIpc) is 3.15. The van der Waals surface area contributed by atoms with E-state index in [9.17, 15) is 19.5 Å². The fourth-order valence-corrected chi connectivity index (χ4v) is 5.78. The van der Waals surface area contributed by atoms with Crippen LogP contribution in [0.2, 0.25) is 0 Å². The van der Waals surface area contributed by atoms with Gasteiger partial charge in [-0.2, -0.15) is 0 Å². The monoisotopic (exact) mass is 362 g/mol. The van der Waals surface area contributed by atoms with Gasteiger partial charge in [0.15, 0.2) is 5.78 Å². The normalized spacial score (nSPS) is 44.9. The highest BCUT2D eigenvalue weighted by Crippen LogP contribution is 2.64. The fraction of sp³-hybridized carbons (Fsp3) is 0.750. The minimum Gasteiger partial charge on any atom is -0.465 e. The van der Waals surface area contributed by atoms with Crippen molar-refractivity contribution < 1.29 is 29.0 Å². The molecule has 4 aliphatic rings. The first-order valence-electron chi connectivity index (χ1n) is 9.50. The first kappa shape index (κ1) is 17.7. The molecule has 0 aromatic carbocycles. The van der Waals surface area contributed by atoms with Gasteiger partial charge in [0.05, 0.1) is 13.0 Å². The molecule has 2 aliphatic carbocycles. The van der Waals surface area contributed by atoms with Crippen molar-refractivity contribution in [3.8, 4) is 0 Å². The van der Waals surface area contributed by atoms with Crippen molar-refractivity contribution in [2.24, 2.45) is 22.7 Å². The molecule has 1 saturated carbocycles. The Hall–Kier alpha value is -1.69. The number of ether oxygens (including phenoxy) is 2. The van der Waals surface area contributed by atoms with E-state index in [2.05, 4.69) is 0 Å². The number of cyclic esters (lactones) is 2. The van der Waals surface area contributed by atoms with Gasteiger partial charge in [0.25, 0.3) is 0 Å². The Labute approximate surface area is 152 Å². The molecule has 0 unspecified atom stereocenters. The maximum atomic E-state index is 13.0. The summed E-state index contributed by atoms with van der Waals surface area (Å²) < 4.78 is 10.4. The molecular formula is C20H26O6. The van der Waals surface area contributed by atoms with E-state index in [1.165, 1.54) is 0 Å². The Balaban J connectivity index is 1.68. The van der Waals surface area contributed by atoms with Crippen LogP contribution >= 0.6 is 0 Å². The van der Waals surface area contributed by atoms with Gasteiger partial charge in [-0.25, -0.2) is 4.79 Å². The molecule has 6 heteroatoms. The van der Waals surface area contributed by atoms with E-state index in [0.717, 1.165) is 12.8 Å². The molecule has 0 aromatic rings. The number of ketones is 1. The smallest absolute Gasteiger partial charge is 0.334 e. The number of hydrogen-bond acceptors (Lipinski definition) is 6. The molecule has 6 nitrogen and oxygen atoms in total. The van der Waals surface area contributed by atoms with Gasteiger partial charge < -0.3 is 14.6 Å². The molecule has 0 bridgehead atoms. The minimum atomic E-state index is -1.46. The van der Waals surface area contributed by atoms with Crippen molar-refractivity contribution in [1.29, 1.82) is 0 Å². The van der Waals surface area contributed by atoms with Gasteiger partial charge in [-0.3, -0.25) is 9.59 Å². The predicted octanol–water partition coefficient (Wildman–Crippen LogP) is 1.94. The Morgan fingerprint density at radius 2 is 2.00 bits per heavy atom. The number of esters is 2. The van der Waals surface area contributed by atoms with E-state index in [1.807, 2.05) is 13.0 Å². The SMILES string of the molecule is C[C@@]1(O)C(=O)C[C@@]23COC(=O)C2=CCC[C@@H]3[C@@]1(C)CC[C@@H]1COC(=O)C1.